The Hall–Kier alpha value is -2.31. The number of hydrogen-bond acceptors (Lipinski definition) is 4. The molecule has 0 atom stereocenters. The molecule has 0 radical (unpaired) electrons. The molecular weight excluding hydrogens is 214 g/mol. The van der Waals surface area contributed by atoms with Crippen LogP contribution in [-0.2, 0) is 0 Å². The van der Waals surface area contributed by atoms with E-state index in [0.717, 1.165) is 0 Å². The number of nitrogens with zero attached hydrogens (tertiary/aromatic N) is 1. The van der Waals surface area contributed by atoms with Gasteiger partial charge in [-0.2, -0.15) is 0 Å². The lowest BCUT2D eigenvalue weighted by Crippen LogP contribution is -2.24. The van der Waals surface area contributed by atoms with E-state index in [1.54, 1.807) is 0 Å². The molecule has 7 nitrogen and oxygen atoms in total. The maximum Gasteiger partial charge on any atom is 0.319 e. The van der Waals surface area contributed by atoms with Gasteiger partial charge in [0.05, 0.1) is 18.1 Å². The Bertz CT molecular complexity index is 419. The van der Waals surface area contributed by atoms with E-state index in [9.17, 15) is 14.9 Å². The summed E-state index contributed by atoms with van der Waals surface area (Å²) >= 11 is 0. The van der Waals surface area contributed by atoms with E-state index in [-0.39, 0.29) is 11.4 Å². The molecule has 0 spiro atoms. The van der Waals surface area contributed by atoms with Crippen molar-refractivity contribution in [2.24, 2.45) is 0 Å². The van der Waals surface area contributed by atoms with Crippen LogP contribution in [-0.4, -0.2) is 25.1 Å². The number of rotatable bonds is 3. The lowest BCUT2D eigenvalue weighted by molar-refractivity contribution is -0.384. The summed E-state index contributed by atoms with van der Waals surface area (Å²) in [6, 6.07) is 3.66. The zero-order chi connectivity index (χ0) is 12.1. The predicted octanol–water partition coefficient (Wildman–Crippen LogP) is 1.35. The Morgan fingerprint density at radius 3 is 2.69 bits per heavy atom. The number of anilines is 1. The molecule has 0 aliphatic rings. The Morgan fingerprint density at radius 1 is 1.50 bits per heavy atom. The van der Waals surface area contributed by atoms with Crippen LogP contribution in [0.15, 0.2) is 18.2 Å². The number of carbonyl (C=O) groups excluding carboxylic acids is 1. The number of nitrogens with one attached hydrogen (secondary N) is 2. The number of carbonyl (C=O) groups is 1. The van der Waals surface area contributed by atoms with Gasteiger partial charge < -0.3 is 15.4 Å². The molecule has 0 unspecified atom stereocenters. The van der Waals surface area contributed by atoms with E-state index < -0.39 is 11.0 Å². The number of benzene rings is 1. The maximum absolute atomic E-state index is 11.0. The van der Waals surface area contributed by atoms with Crippen LogP contribution >= 0.6 is 0 Å². The van der Waals surface area contributed by atoms with Crippen molar-refractivity contribution in [1.29, 1.82) is 0 Å². The summed E-state index contributed by atoms with van der Waals surface area (Å²) in [5.41, 5.74) is -0.104. The second-order valence-corrected chi connectivity index (χ2v) is 2.84. The van der Waals surface area contributed by atoms with Crippen molar-refractivity contribution in [3.63, 3.8) is 0 Å². The molecule has 2 N–H and O–H groups in total. The van der Waals surface area contributed by atoms with Crippen molar-refractivity contribution in [3.8, 4) is 5.75 Å². The average Bonchev–Trinajstić information content (AvgIpc) is 2.29. The Kier molecular flexibility index (Phi) is 3.65. The number of ether oxygens (including phenoxy) is 1. The summed E-state index contributed by atoms with van der Waals surface area (Å²) in [7, 11) is 2.83. The number of urea groups is 1. The second-order valence-electron chi connectivity index (χ2n) is 2.84. The molecule has 2 amide bonds. The highest BCUT2D eigenvalue weighted by atomic mass is 16.6. The molecule has 0 bridgehead atoms. The van der Waals surface area contributed by atoms with Gasteiger partial charge in [0.15, 0.2) is 0 Å². The summed E-state index contributed by atoms with van der Waals surface area (Å²) < 4.78 is 4.86. The lowest BCUT2D eigenvalue weighted by atomic mass is 10.2. The van der Waals surface area contributed by atoms with Crippen LogP contribution in [0, 0.1) is 10.1 Å². The van der Waals surface area contributed by atoms with Crippen LogP contribution in [0.25, 0.3) is 0 Å². The largest absolute Gasteiger partial charge is 0.496 e. The fourth-order valence-electron chi connectivity index (χ4n) is 1.08. The summed E-state index contributed by atoms with van der Waals surface area (Å²) in [5.74, 6) is 0.356. The molecule has 0 aliphatic carbocycles. The molecule has 7 heteroatoms. The topological polar surface area (TPSA) is 93.5 Å². The molecular formula is C9H11N3O4. The van der Waals surface area contributed by atoms with Gasteiger partial charge in [-0.25, -0.2) is 4.79 Å². The van der Waals surface area contributed by atoms with Crippen molar-refractivity contribution >= 4 is 17.4 Å². The number of hydrogen-bond donors (Lipinski definition) is 2. The molecule has 0 aromatic heterocycles. The standard InChI is InChI=1S/C9H11N3O4/c1-10-9(13)11-7-4-3-6(16-2)5-8(7)12(14)15/h3-5H,1-2H3,(H2,10,11,13). The molecule has 86 valence electrons. The fourth-order valence-corrected chi connectivity index (χ4v) is 1.08. The number of nitro benzene ring substituents is 1. The van der Waals surface area contributed by atoms with Gasteiger partial charge in [-0.15, -0.1) is 0 Å². The summed E-state index contributed by atoms with van der Waals surface area (Å²) in [6.07, 6.45) is 0. The van der Waals surface area contributed by atoms with Crippen molar-refractivity contribution < 1.29 is 14.5 Å². The van der Waals surface area contributed by atoms with Gasteiger partial charge in [-0.1, -0.05) is 0 Å². The van der Waals surface area contributed by atoms with E-state index in [1.807, 2.05) is 0 Å². The van der Waals surface area contributed by atoms with E-state index in [0.29, 0.717) is 5.75 Å². The molecule has 16 heavy (non-hydrogen) atoms. The van der Waals surface area contributed by atoms with Crippen LogP contribution in [0.1, 0.15) is 0 Å². The van der Waals surface area contributed by atoms with Gasteiger partial charge in [0.2, 0.25) is 0 Å². The number of methoxy groups -OCH3 is 1. The van der Waals surface area contributed by atoms with Gasteiger partial charge in [-0.05, 0) is 12.1 Å². The first kappa shape index (κ1) is 11.8. The maximum atomic E-state index is 11.0. The minimum absolute atomic E-state index is 0.116. The van der Waals surface area contributed by atoms with Gasteiger partial charge >= 0.3 is 6.03 Å². The highest BCUT2D eigenvalue weighted by molar-refractivity contribution is 5.91. The van der Waals surface area contributed by atoms with Crippen molar-refractivity contribution in [2.45, 2.75) is 0 Å². The predicted molar refractivity (Wildman–Crippen MR) is 57.7 cm³/mol. The Labute approximate surface area is 91.6 Å². The van der Waals surface area contributed by atoms with Crippen molar-refractivity contribution in [1.82, 2.24) is 5.32 Å². The molecule has 1 rings (SSSR count). The molecule has 1 aromatic carbocycles. The SMILES string of the molecule is CNC(=O)Nc1ccc(OC)cc1[N+](=O)[O-]. The van der Waals surface area contributed by atoms with Crippen LogP contribution in [0.4, 0.5) is 16.2 Å². The zero-order valence-corrected chi connectivity index (χ0v) is 8.81. The summed E-state index contributed by atoms with van der Waals surface area (Å²) in [5, 5.41) is 15.4. The quantitative estimate of drug-likeness (QED) is 0.599. The Balaban J connectivity index is 3.08. The van der Waals surface area contributed by atoms with E-state index in [1.165, 1.54) is 32.4 Å². The zero-order valence-electron chi connectivity index (χ0n) is 8.81. The van der Waals surface area contributed by atoms with Crippen LogP contribution < -0.4 is 15.4 Å². The third kappa shape index (κ3) is 2.59. The molecule has 0 fully saturated rings. The fraction of sp³-hybridized carbons (Fsp3) is 0.222. The normalized spacial score (nSPS) is 9.38. The van der Waals surface area contributed by atoms with Gasteiger partial charge in [0.1, 0.15) is 11.4 Å². The smallest absolute Gasteiger partial charge is 0.319 e. The minimum atomic E-state index is -0.589. The first-order chi connectivity index (χ1) is 7.58. The lowest BCUT2D eigenvalue weighted by Gasteiger charge is -2.06. The molecule has 0 heterocycles. The second kappa shape index (κ2) is 4.96. The average molecular weight is 225 g/mol. The van der Waals surface area contributed by atoms with E-state index >= 15 is 0 Å². The van der Waals surface area contributed by atoms with Crippen molar-refractivity contribution in [2.75, 3.05) is 19.5 Å². The Morgan fingerprint density at radius 2 is 2.19 bits per heavy atom. The minimum Gasteiger partial charge on any atom is -0.496 e. The molecule has 0 saturated heterocycles. The van der Waals surface area contributed by atoms with E-state index in [4.69, 9.17) is 4.74 Å². The van der Waals surface area contributed by atoms with Gasteiger partial charge in [-0.3, -0.25) is 10.1 Å². The number of nitro groups is 1. The van der Waals surface area contributed by atoms with E-state index in [2.05, 4.69) is 10.6 Å². The van der Waals surface area contributed by atoms with Gasteiger partial charge in [0, 0.05) is 7.05 Å². The van der Waals surface area contributed by atoms with Crippen LogP contribution in [0.5, 0.6) is 5.75 Å². The summed E-state index contributed by atoms with van der Waals surface area (Å²) in [4.78, 5) is 21.2. The molecule has 1 aromatic rings. The monoisotopic (exact) mass is 225 g/mol. The highest BCUT2D eigenvalue weighted by Gasteiger charge is 2.16. The third-order valence-corrected chi connectivity index (χ3v) is 1.88. The molecule has 0 saturated carbocycles. The van der Waals surface area contributed by atoms with Crippen LogP contribution in [0.3, 0.4) is 0 Å². The van der Waals surface area contributed by atoms with Gasteiger partial charge in [0.25, 0.3) is 5.69 Å². The van der Waals surface area contributed by atoms with Crippen molar-refractivity contribution in [3.05, 3.63) is 28.3 Å². The summed E-state index contributed by atoms with van der Waals surface area (Å²) in [6.45, 7) is 0. The first-order valence-electron chi connectivity index (χ1n) is 4.39. The highest BCUT2D eigenvalue weighted by Crippen LogP contribution is 2.28. The third-order valence-electron chi connectivity index (χ3n) is 1.88. The number of amides is 2. The molecule has 0 aliphatic heterocycles. The van der Waals surface area contributed by atoms with Crippen LogP contribution in [0.2, 0.25) is 0 Å². The first-order valence-corrected chi connectivity index (χ1v) is 4.39.